The van der Waals surface area contributed by atoms with E-state index in [0.29, 0.717) is 56.1 Å². The van der Waals surface area contributed by atoms with Crippen molar-refractivity contribution in [3.63, 3.8) is 0 Å². The average Bonchev–Trinajstić information content (AvgIpc) is 3.65. The van der Waals surface area contributed by atoms with Gasteiger partial charge in [-0.2, -0.15) is 0 Å². The minimum Gasteiger partial charge on any atom is -0.454 e. The van der Waals surface area contributed by atoms with Gasteiger partial charge in [-0.15, -0.1) is 0 Å². The number of nitrogens with zero attached hydrogens (tertiary/aromatic N) is 4. The molecule has 0 spiro atoms. The second-order valence-corrected chi connectivity index (χ2v) is 10.5. The zero-order valence-corrected chi connectivity index (χ0v) is 23.2. The number of para-hydroxylation sites is 3. The van der Waals surface area contributed by atoms with Crippen LogP contribution in [0.4, 0.5) is 0 Å². The largest absolute Gasteiger partial charge is 0.454 e. The van der Waals surface area contributed by atoms with E-state index < -0.39 is 0 Å². The summed E-state index contributed by atoms with van der Waals surface area (Å²) in [7, 11) is 0. The Morgan fingerprint density at radius 1 is 0.523 bits per heavy atom. The molecule has 5 heteroatoms. The molecule has 0 aliphatic heterocycles. The maximum absolute atomic E-state index is 8.89. The Kier molecular flexibility index (Phi) is 4.60. The van der Waals surface area contributed by atoms with E-state index >= 15 is 0 Å². The number of benzene rings is 6. The molecule has 0 radical (unpaired) electrons. The molecule has 0 saturated heterocycles. The molecule has 3 heterocycles. The lowest BCUT2D eigenvalue weighted by Gasteiger charge is -2.09. The highest BCUT2D eigenvalue weighted by Gasteiger charge is 2.21. The van der Waals surface area contributed by atoms with E-state index in [-0.39, 0.29) is 24.2 Å². The van der Waals surface area contributed by atoms with Crippen LogP contribution in [0.1, 0.15) is 5.48 Å². The molecule has 0 unspecified atom stereocenters. The summed E-state index contributed by atoms with van der Waals surface area (Å²) in [5.74, 6) is 1.62. The Labute approximate surface area is 258 Å². The standard InChI is InChI=1S/C39H24N4O/c1-3-13-25(14-4-1)37-40-38(26-15-5-2-6-16-26)42-39(41-37)30-20-12-24-34-35(30)29-19-11-23-33(36(29)44-34)43-31-21-9-7-17-27(31)28-18-8-10-22-32(28)43/h1-24H/i7D,8D,21D,22D. The first kappa shape index (κ1) is 20.8. The predicted molar refractivity (Wildman–Crippen MR) is 178 cm³/mol. The van der Waals surface area contributed by atoms with Gasteiger partial charge in [-0.1, -0.05) is 121 Å². The van der Waals surface area contributed by atoms with Crippen LogP contribution in [0, 0.1) is 0 Å². The molecule has 0 saturated carbocycles. The number of furan rings is 1. The van der Waals surface area contributed by atoms with E-state index in [1.165, 1.54) is 12.1 Å². The molecule has 0 aliphatic carbocycles. The molecule has 5 nitrogen and oxygen atoms in total. The van der Waals surface area contributed by atoms with Gasteiger partial charge in [0.05, 0.1) is 22.2 Å². The molecule has 6 aromatic carbocycles. The smallest absolute Gasteiger partial charge is 0.164 e. The lowest BCUT2D eigenvalue weighted by atomic mass is 10.0. The van der Waals surface area contributed by atoms with E-state index in [1.54, 1.807) is 12.1 Å². The molecular formula is C39H24N4O. The summed E-state index contributed by atoms with van der Waals surface area (Å²) in [5, 5.41) is 2.94. The van der Waals surface area contributed by atoms with Gasteiger partial charge in [0.15, 0.2) is 23.1 Å². The fourth-order valence-electron chi connectivity index (χ4n) is 6.02. The molecule has 0 N–H and O–H groups in total. The Morgan fingerprint density at radius 3 is 1.75 bits per heavy atom. The third-order valence-electron chi connectivity index (χ3n) is 7.97. The van der Waals surface area contributed by atoms with Crippen molar-refractivity contribution < 1.29 is 9.90 Å². The third kappa shape index (κ3) is 3.76. The van der Waals surface area contributed by atoms with Gasteiger partial charge in [-0.25, -0.2) is 15.0 Å². The molecule has 0 fully saturated rings. The van der Waals surface area contributed by atoms with Crippen LogP contribution in [0.15, 0.2) is 150 Å². The quantitative estimate of drug-likeness (QED) is 0.212. The number of hydrogen-bond donors (Lipinski definition) is 0. The van der Waals surface area contributed by atoms with Gasteiger partial charge in [0.1, 0.15) is 5.58 Å². The highest BCUT2D eigenvalue weighted by Crippen LogP contribution is 2.41. The first-order valence-corrected chi connectivity index (χ1v) is 14.3. The molecule has 3 aromatic heterocycles. The zero-order chi connectivity index (χ0) is 32.5. The van der Waals surface area contributed by atoms with E-state index in [4.69, 9.17) is 24.9 Å². The molecule has 0 aliphatic rings. The van der Waals surface area contributed by atoms with Crippen LogP contribution in [0.2, 0.25) is 0 Å². The molecule has 0 amide bonds. The monoisotopic (exact) mass is 568 g/mol. The van der Waals surface area contributed by atoms with Gasteiger partial charge in [0, 0.05) is 38.2 Å². The van der Waals surface area contributed by atoms with Gasteiger partial charge in [0.25, 0.3) is 0 Å². The minimum atomic E-state index is 0.153. The highest BCUT2D eigenvalue weighted by atomic mass is 16.3. The van der Waals surface area contributed by atoms with Crippen molar-refractivity contribution in [2.24, 2.45) is 0 Å². The summed E-state index contributed by atoms with van der Waals surface area (Å²) in [6, 6.07) is 38.4. The number of hydrogen-bond acceptors (Lipinski definition) is 4. The topological polar surface area (TPSA) is 56.7 Å². The number of fused-ring (bicyclic) bond motifs is 6. The molecule has 9 rings (SSSR count). The van der Waals surface area contributed by atoms with Gasteiger partial charge in [0.2, 0.25) is 0 Å². The summed E-state index contributed by atoms with van der Waals surface area (Å²) < 4.78 is 42.9. The SMILES string of the molecule is [2H]c1cc([2H])c2c(c1)c1cc([2H])cc([2H])c1n2-c1cccc2c1oc1cccc(-c3nc(-c4ccccc4)nc(-c4ccccc4)n3)c12. The van der Waals surface area contributed by atoms with Crippen LogP contribution in [0.25, 0.3) is 83.6 Å². The molecule has 9 aromatic rings. The van der Waals surface area contributed by atoms with Crippen LogP contribution in [0.3, 0.4) is 0 Å². The fourth-order valence-corrected chi connectivity index (χ4v) is 6.02. The summed E-state index contributed by atoms with van der Waals surface area (Å²) in [6.45, 7) is 0. The average molecular weight is 569 g/mol. The Hall–Kier alpha value is -6.07. The maximum Gasteiger partial charge on any atom is 0.164 e. The van der Waals surface area contributed by atoms with Crippen molar-refractivity contribution in [3.8, 4) is 39.9 Å². The van der Waals surface area contributed by atoms with Crippen LogP contribution in [-0.2, 0) is 0 Å². The lowest BCUT2D eigenvalue weighted by molar-refractivity contribution is 0.666. The van der Waals surface area contributed by atoms with Gasteiger partial charge in [-0.05, 0) is 24.2 Å². The van der Waals surface area contributed by atoms with Crippen molar-refractivity contribution in [1.29, 1.82) is 0 Å². The van der Waals surface area contributed by atoms with Crippen molar-refractivity contribution in [1.82, 2.24) is 19.5 Å². The van der Waals surface area contributed by atoms with Crippen LogP contribution in [0.5, 0.6) is 0 Å². The Bertz CT molecular complexity index is 2600. The Morgan fingerprint density at radius 2 is 1.11 bits per heavy atom. The first-order chi connectivity index (χ1) is 23.4. The molecule has 0 atom stereocenters. The second-order valence-electron chi connectivity index (χ2n) is 10.5. The van der Waals surface area contributed by atoms with Crippen LogP contribution in [-0.4, -0.2) is 19.5 Å². The third-order valence-corrected chi connectivity index (χ3v) is 7.97. The van der Waals surface area contributed by atoms with Gasteiger partial charge in [-0.3, -0.25) is 0 Å². The highest BCUT2D eigenvalue weighted by molar-refractivity contribution is 6.15. The summed E-state index contributed by atoms with van der Waals surface area (Å²) in [4.78, 5) is 14.8. The molecule has 206 valence electrons. The van der Waals surface area contributed by atoms with Gasteiger partial charge >= 0.3 is 0 Å². The van der Waals surface area contributed by atoms with Crippen molar-refractivity contribution in [2.75, 3.05) is 0 Å². The minimum absolute atomic E-state index is 0.153. The van der Waals surface area contributed by atoms with Crippen molar-refractivity contribution >= 4 is 43.7 Å². The van der Waals surface area contributed by atoms with E-state index in [0.717, 1.165) is 27.5 Å². The first-order valence-electron chi connectivity index (χ1n) is 16.3. The maximum atomic E-state index is 8.89. The predicted octanol–water partition coefficient (Wildman–Crippen LogP) is 9.87. The van der Waals surface area contributed by atoms with E-state index in [1.807, 2.05) is 102 Å². The molecular weight excluding hydrogens is 540 g/mol. The fraction of sp³-hybridized carbons (Fsp3) is 0. The zero-order valence-electron chi connectivity index (χ0n) is 27.2. The summed E-state index contributed by atoms with van der Waals surface area (Å²) >= 11 is 0. The van der Waals surface area contributed by atoms with Crippen LogP contribution < -0.4 is 0 Å². The number of aromatic nitrogens is 4. The lowest BCUT2D eigenvalue weighted by Crippen LogP contribution is -2.00. The molecule has 0 bridgehead atoms. The second kappa shape index (κ2) is 9.75. The number of rotatable bonds is 4. The van der Waals surface area contributed by atoms with Crippen molar-refractivity contribution in [2.45, 2.75) is 0 Å². The van der Waals surface area contributed by atoms with E-state index in [9.17, 15) is 0 Å². The van der Waals surface area contributed by atoms with Gasteiger partial charge < -0.3 is 8.98 Å². The summed E-state index contributed by atoms with van der Waals surface area (Å²) in [5.41, 5.74) is 5.48. The summed E-state index contributed by atoms with van der Waals surface area (Å²) in [6.07, 6.45) is 0. The molecule has 44 heavy (non-hydrogen) atoms. The van der Waals surface area contributed by atoms with Crippen molar-refractivity contribution in [3.05, 3.63) is 145 Å². The normalized spacial score (nSPS) is 12.9. The van der Waals surface area contributed by atoms with E-state index in [2.05, 4.69) is 0 Å². The van der Waals surface area contributed by atoms with Crippen LogP contribution >= 0.6 is 0 Å². The Balaban J connectivity index is 1.34.